The molecule has 2 N–H and O–H groups in total. The number of carbonyl (C=O) groups excluding carboxylic acids is 3. The van der Waals surface area contributed by atoms with E-state index in [2.05, 4.69) is 5.32 Å². The van der Waals surface area contributed by atoms with Crippen molar-refractivity contribution in [2.24, 2.45) is 5.41 Å². The van der Waals surface area contributed by atoms with Gasteiger partial charge in [0.05, 0.1) is 5.57 Å². The van der Waals surface area contributed by atoms with Crippen LogP contribution in [0.1, 0.15) is 12.5 Å². The number of ether oxygens (including phenoxy) is 1. The molecule has 2 aliphatic rings. The monoisotopic (exact) mass is 472 g/mol. The number of aliphatic carboxylic acids is 1. The molecule has 0 spiro atoms. The number of halogens is 2. The third-order valence-electron chi connectivity index (χ3n) is 4.92. The molecule has 0 aliphatic carbocycles. The van der Waals surface area contributed by atoms with E-state index in [1.165, 1.54) is 23.6 Å². The molecule has 1 aromatic carbocycles. The van der Waals surface area contributed by atoms with Crippen molar-refractivity contribution in [2.45, 2.75) is 18.3 Å². The van der Waals surface area contributed by atoms with Gasteiger partial charge in [-0.2, -0.15) is 0 Å². The van der Waals surface area contributed by atoms with E-state index in [9.17, 15) is 24.3 Å². The first-order chi connectivity index (χ1) is 14.2. The lowest BCUT2D eigenvalue weighted by Crippen LogP contribution is -2.74. The average molecular weight is 473 g/mol. The van der Waals surface area contributed by atoms with Crippen molar-refractivity contribution < 1.29 is 29.0 Å². The van der Waals surface area contributed by atoms with E-state index in [1.54, 1.807) is 30.3 Å². The Kier molecular flexibility index (Phi) is 6.64. The summed E-state index contributed by atoms with van der Waals surface area (Å²) in [5.74, 6) is -2.66. The number of thioether (sulfide) groups is 1. The molecule has 2 unspecified atom stereocenters. The molecule has 2 aliphatic heterocycles. The van der Waals surface area contributed by atoms with Crippen LogP contribution in [0, 0.1) is 5.41 Å². The zero-order valence-electron chi connectivity index (χ0n) is 15.8. The van der Waals surface area contributed by atoms with Gasteiger partial charge in [0.2, 0.25) is 5.91 Å². The molecule has 0 bridgehead atoms. The lowest BCUT2D eigenvalue weighted by atomic mass is 9.88. The molecule has 2 saturated heterocycles. The summed E-state index contributed by atoms with van der Waals surface area (Å²) in [5, 5.41) is 11.8. The largest absolute Gasteiger partial charge is 0.481 e. The van der Waals surface area contributed by atoms with Crippen LogP contribution < -0.4 is 5.32 Å². The number of hydrogen-bond acceptors (Lipinski definition) is 6. The minimum absolute atomic E-state index is 0.0423. The number of nitrogens with one attached hydrogen (secondary N) is 1. The van der Waals surface area contributed by atoms with Crippen molar-refractivity contribution in [3.63, 3.8) is 0 Å². The third kappa shape index (κ3) is 4.28. The van der Waals surface area contributed by atoms with Crippen molar-refractivity contribution in [3.8, 4) is 0 Å². The first-order valence-electron chi connectivity index (χ1n) is 8.87. The van der Waals surface area contributed by atoms with E-state index < -0.39 is 40.6 Å². The van der Waals surface area contributed by atoms with Crippen LogP contribution in [0.5, 0.6) is 0 Å². The van der Waals surface area contributed by atoms with E-state index >= 15 is 0 Å². The molecule has 2 heterocycles. The molecule has 1 aromatic rings. The zero-order chi connectivity index (χ0) is 22.1. The lowest BCUT2D eigenvalue weighted by molar-refractivity contribution is -0.164. The number of carboxylic acid groups (broad SMARTS) is 1. The van der Waals surface area contributed by atoms with E-state index in [4.69, 9.17) is 27.9 Å². The Morgan fingerprint density at radius 1 is 1.30 bits per heavy atom. The summed E-state index contributed by atoms with van der Waals surface area (Å²) in [7, 11) is 0. The van der Waals surface area contributed by atoms with Crippen LogP contribution in [0.4, 0.5) is 0 Å². The van der Waals surface area contributed by atoms with Crippen LogP contribution in [0.25, 0.3) is 5.57 Å². The van der Waals surface area contributed by atoms with Gasteiger partial charge in [-0.05, 0) is 5.56 Å². The van der Waals surface area contributed by atoms with Crippen molar-refractivity contribution in [2.75, 3.05) is 18.9 Å². The first kappa shape index (κ1) is 22.5. The molecule has 160 valence electrons. The Labute approximate surface area is 186 Å². The van der Waals surface area contributed by atoms with Crippen molar-refractivity contribution >= 4 is 64.3 Å². The quantitative estimate of drug-likeness (QED) is 0.369. The second-order valence-corrected chi connectivity index (χ2v) is 9.04. The third-order valence-corrected chi connectivity index (χ3v) is 6.88. The highest BCUT2D eigenvalue weighted by molar-refractivity contribution is 8.00. The summed E-state index contributed by atoms with van der Waals surface area (Å²) in [4.78, 5) is 49.7. The molecule has 8 nitrogen and oxygen atoms in total. The summed E-state index contributed by atoms with van der Waals surface area (Å²) < 4.78 is 4.68. The maximum Gasteiger partial charge on any atom is 0.315 e. The van der Waals surface area contributed by atoms with Crippen LogP contribution in [-0.2, 0) is 23.9 Å². The van der Waals surface area contributed by atoms with Gasteiger partial charge in [0.15, 0.2) is 0 Å². The molecule has 0 radical (unpaired) electrons. The molecule has 30 heavy (non-hydrogen) atoms. The highest BCUT2D eigenvalue weighted by Crippen LogP contribution is 2.42. The normalized spacial score (nSPS) is 24.9. The van der Waals surface area contributed by atoms with Gasteiger partial charge < -0.3 is 20.1 Å². The second kappa shape index (κ2) is 8.87. The molecule has 2 fully saturated rings. The van der Waals surface area contributed by atoms with Crippen LogP contribution in [0.3, 0.4) is 0 Å². The maximum atomic E-state index is 12.8. The highest BCUT2D eigenvalue weighted by Gasteiger charge is 2.58. The summed E-state index contributed by atoms with van der Waals surface area (Å²) in [6.07, 6.45) is 0. The minimum atomic E-state index is -1.40. The molecule has 11 heteroatoms. The van der Waals surface area contributed by atoms with Gasteiger partial charge in [-0.15, -0.1) is 11.8 Å². The number of nitrogens with zero attached hydrogens (tertiary/aromatic N) is 1. The van der Waals surface area contributed by atoms with E-state index in [1.807, 2.05) is 0 Å². The number of β-lactam (4-membered cyclic amide) rings is 1. The van der Waals surface area contributed by atoms with Gasteiger partial charge in [-0.1, -0.05) is 53.5 Å². The smallest absolute Gasteiger partial charge is 0.315 e. The van der Waals surface area contributed by atoms with Gasteiger partial charge in [-0.25, -0.2) is 0 Å². The Balaban J connectivity index is 1.71. The van der Waals surface area contributed by atoms with Gasteiger partial charge >= 0.3 is 11.9 Å². The fourth-order valence-corrected chi connectivity index (χ4v) is 5.20. The Hall–Kier alpha value is -2.23. The first-order valence-corrected chi connectivity index (χ1v) is 10.7. The Morgan fingerprint density at radius 2 is 1.97 bits per heavy atom. The Morgan fingerprint density at radius 3 is 2.53 bits per heavy atom. The van der Waals surface area contributed by atoms with E-state index in [0.29, 0.717) is 5.56 Å². The Bertz CT molecular complexity index is 921. The van der Waals surface area contributed by atoms with Crippen molar-refractivity contribution in [1.29, 1.82) is 0 Å². The number of carbonyl (C=O) groups is 4. The number of hydrogen-bond donors (Lipinski definition) is 2. The topological polar surface area (TPSA) is 113 Å². The van der Waals surface area contributed by atoms with Crippen molar-refractivity contribution in [3.05, 3.63) is 40.4 Å². The van der Waals surface area contributed by atoms with E-state index in [0.717, 1.165) is 0 Å². The SMILES string of the molecule is CC(=O)OCC1(C(=O)O)CS[C@@H]2C(NC(=O)C(=C(Cl)Cl)c3ccccc3)C(=O)N2C1. The molecular formula is C19H18Cl2N2O6S. The zero-order valence-corrected chi connectivity index (χ0v) is 18.1. The molecular weight excluding hydrogens is 455 g/mol. The van der Waals surface area contributed by atoms with Crippen LogP contribution >= 0.6 is 35.0 Å². The number of carboxylic acids is 1. The summed E-state index contributed by atoms with van der Waals surface area (Å²) in [5.41, 5.74) is -0.853. The van der Waals surface area contributed by atoms with Gasteiger partial charge in [0.25, 0.3) is 5.91 Å². The molecule has 0 saturated carbocycles. The summed E-state index contributed by atoms with van der Waals surface area (Å²) >= 11 is 13.0. The molecule has 3 rings (SSSR count). The summed E-state index contributed by atoms with van der Waals surface area (Å²) in [6.45, 7) is 0.742. The maximum absolute atomic E-state index is 12.8. The minimum Gasteiger partial charge on any atom is -0.481 e. The fraction of sp³-hybridized carbons (Fsp3) is 0.368. The van der Waals surface area contributed by atoms with Crippen molar-refractivity contribution in [1.82, 2.24) is 10.2 Å². The van der Waals surface area contributed by atoms with E-state index in [-0.39, 0.29) is 29.0 Å². The fourth-order valence-electron chi connectivity index (χ4n) is 3.29. The number of fused-ring (bicyclic) bond motifs is 1. The average Bonchev–Trinajstić information content (AvgIpc) is 2.70. The van der Waals surface area contributed by atoms with Gasteiger partial charge in [-0.3, -0.25) is 19.2 Å². The number of amides is 2. The number of esters is 1. The van der Waals surface area contributed by atoms with Gasteiger partial charge in [0, 0.05) is 19.2 Å². The number of benzene rings is 1. The molecule has 2 amide bonds. The molecule has 3 atom stereocenters. The standard InChI is InChI=1S/C19H18Cl2N2O6S/c1-10(24)29-8-19(18(27)28)7-23-16(26)13(17(23)30-9-19)22-15(25)12(14(20)21)11-5-3-2-4-6-11/h2-6,13,17H,7-9H2,1H3,(H,22,25)(H,27,28)/t13?,17-,19?/m1/s1. The summed E-state index contributed by atoms with van der Waals surface area (Å²) in [6, 6.07) is 7.72. The lowest BCUT2D eigenvalue weighted by Gasteiger charge is -2.53. The van der Waals surface area contributed by atoms with Crippen LogP contribution in [0.2, 0.25) is 0 Å². The molecule has 0 aromatic heterocycles. The van der Waals surface area contributed by atoms with Crippen LogP contribution in [-0.4, -0.2) is 64.1 Å². The predicted octanol–water partition coefficient (Wildman–Crippen LogP) is 1.87. The number of rotatable bonds is 6. The van der Waals surface area contributed by atoms with Crippen LogP contribution in [0.15, 0.2) is 34.8 Å². The second-order valence-electron chi connectivity index (χ2n) is 6.99. The predicted molar refractivity (Wildman–Crippen MR) is 112 cm³/mol. The highest BCUT2D eigenvalue weighted by atomic mass is 35.5. The van der Waals surface area contributed by atoms with Gasteiger partial charge in [0.1, 0.15) is 27.9 Å².